The van der Waals surface area contributed by atoms with E-state index in [9.17, 15) is 4.79 Å². The summed E-state index contributed by atoms with van der Waals surface area (Å²) >= 11 is 1.46. The van der Waals surface area contributed by atoms with Gasteiger partial charge in [-0.05, 0) is 36.8 Å². The fourth-order valence-electron chi connectivity index (χ4n) is 2.78. The van der Waals surface area contributed by atoms with Gasteiger partial charge in [-0.2, -0.15) is 0 Å². The summed E-state index contributed by atoms with van der Waals surface area (Å²) in [5, 5.41) is 0.644. The molecule has 0 atom stereocenters. The first-order valence-electron chi connectivity index (χ1n) is 8.50. The molecule has 0 bridgehead atoms. The van der Waals surface area contributed by atoms with Crippen molar-refractivity contribution in [1.29, 1.82) is 0 Å². The summed E-state index contributed by atoms with van der Waals surface area (Å²) in [7, 11) is 1.63. The molecule has 0 spiro atoms. The van der Waals surface area contributed by atoms with Gasteiger partial charge in [0.2, 0.25) is 0 Å². The molecule has 0 saturated heterocycles. The van der Waals surface area contributed by atoms with Crippen molar-refractivity contribution in [3.05, 3.63) is 61.1 Å². The maximum Gasteiger partial charge on any atom is 0.295 e. The maximum absolute atomic E-state index is 13.0. The van der Waals surface area contributed by atoms with E-state index in [4.69, 9.17) is 9.15 Å². The van der Waals surface area contributed by atoms with E-state index >= 15 is 0 Å². The van der Waals surface area contributed by atoms with E-state index in [1.807, 2.05) is 29.0 Å². The summed E-state index contributed by atoms with van der Waals surface area (Å²) in [5.74, 6) is 0.868. The highest BCUT2D eigenvalue weighted by atomic mass is 35.5. The van der Waals surface area contributed by atoms with E-state index in [-0.39, 0.29) is 18.3 Å². The Morgan fingerprint density at radius 2 is 2.25 bits per heavy atom. The number of nitrogens with zero attached hydrogens (tertiary/aromatic N) is 4. The number of fused-ring (bicyclic) bond motifs is 1. The van der Waals surface area contributed by atoms with Crippen LogP contribution in [0.5, 0.6) is 5.75 Å². The van der Waals surface area contributed by atoms with E-state index in [0.717, 1.165) is 28.9 Å². The van der Waals surface area contributed by atoms with Gasteiger partial charge in [-0.25, -0.2) is 9.97 Å². The zero-order valence-electron chi connectivity index (χ0n) is 15.1. The highest BCUT2D eigenvalue weighted by Crippen LogP contribution is 2.32. The normalized spacial score (nSPS) is 10.6. The summed E-state index contributed by atoms with van der Waals surface area (Å²) in [6.45, 7) is 1.29. The highest BCUT2D eigenvalue weighted by Gasteiger charge is 2.23. The number of methoxy groups -OCH3 is 1. The number of thiazole rings is 1. The van der Waals surface area contributed by atoms with Crippen molar-refractivity contribution in [3.8, 4) is 5.75 Å². The number of ether oxygens (including phenoxy) is 1. The van der Waals surface area contributed by atoms with Gasteiger partial charge in [-0.3, -0.25) is 9.69 Å². The molecule has 3 heterocycles. The summed E-state index contributed by atoms with van der Waals surface area (Å²) in [4.78, 5) is 23.3. The van der Waals surface area contributed by atoms with Gasteiger partial charge >= 0.3 is 0 Å². The minimum atomic E-state index is -0.198. The molecule has 0 aliphatic heterocycles. The van der Waals surface area contributed by atoms with Crippen LogP contribution in [0.3, 0.4) is 0 Å². The largest absolute Gasteiger partial charge is 0.497 e. The molecule has 0 aliphatic rings. The lowest BCUT2D eigenvalue weighted by Gasteiger charge is -2.18. The van der Waals surface area contributed by atoms with E-state index in [0.29, 0.717) is 17.4 Å². The molecule has 1 aromatic carbocycles. The molecule has 0 radical (unpaired) electrons. The van der Waals surface area contributed by atoms with E-state index in [2.05, 4.69) is 9.97 Å². The standard InChI is InChI=1S/C19H18N4O3S.ClH/c1-25-14-5-6-15-17(12-14)27-19(21-15)23(18(24)16-4-2-11-26-16)9-3-8-22-10-7-20-13-22;/h2,4-7,10-13H,3,8-9H2,1H3;1H. The minimum absolute atomic E-state index is 0. The topological polar surface area (TPSA) is 73.4 Å². The molecule has 28 heavy (non-hydrogen) atoms. The van der Waals surface area contributed by atoms with Crippen LogP contribution in [-0.2, 0) is 6.54 Å². The van der Waals surface area contributed by atoms with Crippen LogP contribution in [0.4, 0.5) is 5.13 Å². The molecule has 0 aliphatic carbocycles. The molecule has 0 fully saturated rings. The number of aromatic nitrogens is 3. The Labute approximate surface area is 172 Å². The van der Waals surface area contributed by atoms with Gasteiger partial charge < -0.3 is 13.7 Å². The first kappa shape index (κ1) is 19.9. The fraction of sp³-hybridized carbons (Fsp3) is 0.211. The molecular formula is C19H19ClN4O3S. The van der Waals surface area contributed by atoms with Crippen molar-refractivity contribution in [2.75, 3.05) is 18.6 Å². The summed E-state index contributed by atoms with van der Waals surface area (Å²) in [5.41, 5.74) is 0.836. The molecule has 1 amide bonds. The summed E-state index contributed by atoms with van der Waals surface area (Å²) < 4.78 is 13.5. The van der Waals surface area contributed by atoms with Gasteiger partial charge in [0.1, 0.15) is 5.75 Å². The number of carbonyl (C=O) groups excluding carboxylic acids is 1. The molecule has 3 aromatic heterocycles. The van der Waals surface area contributed by atoms with Crippen molar-refractivity contribution in [2.24, 2.45) is 0 Å². The number of furan rings is 1. The molecule has 0 saturated carbocycles. The van der Waals surface area contributed by atoms with Crippen LogP contribution in [0.1, 0.15) is 17.0 Å². The number of hydrogen-bond donors (Lipinski definition) is 0. The molecule has 146 valence electrons. The number of carbonyl (C=O) groups is 1. The second kappa shape index (κ2) is 8.90. The summed E-state index contributed by atoms with van der Waals surface area (Å²) in [6.07, 6.45) is 7.68. The number of benzene rings is 1. The third kappa shape index (κ3) is 4.18. The highest BCUT2D eigenvalue weighted by molar-refractivity contribution is 7.22. The van der Waals surface area contributed by atoms with Crippen LogP contribution in [-0.4, -0.2) is 34.1 Å². The molecule has 4 rings (SSSR count). The zero-order chi connectivity index (χ0) is 18.6. The smallest absolute Gasteiger partial charge is 0.295 e. The Hall–Kier alpha value is -2.84. The SMILES string of the molecule is COc1ccc2nc(N(CCCn3ccnc3)C(=O)c3ccco3)sc2c1.Cl. The Balaban J connectivity index is 0.00000225. The fourth-order valence-corrected chi connectivity index (χ4v) is 3.80. The van der Waals surface area contributed by atoms with Gasteiger partial charge in [0.05, 0.1) is 29.9 Å². The monoisotopic (exact) mass is 418 g/mol. The molecule has 9 heteroatoms. The van der Waals surface area contributed by atoms with Crippen molar-refractivity contribution in [2.45, 2.75) is 13.0 Å². The lowest BCUT2D eigenvalue weighted by molar-refractivity contribution is 0.0959. The third-order valence-electron chi connectivity index (χ3n) is 4.15. The number of anilines is 1. The lowest BCUT2D eigenvalue weighted by atomic mass is 10.3. The van der Waals surface area contributed by atoms with E-state index in [1.165, 1.54) is 17.6 Å². The number of imidazole rings is 1. The molecular weight excluding hydrogens is 400 g/mol. The quantitative estimate of drug-likeness (QED) is 0.448. The predicted molar refractivity (Wildman–Crippen MR) is 111 cm³/mol. The van der Waals surface area contributed by atoms with Gasteiger partial charge in [-0.15, -0.1) is 12.4 Å². The molecule has 4 aromatic rings. The Morgan fingerprint density at radius 3 is 2.96 bits per heavy atom. The van der Waals surface area contributed by atoms with Gasteiger partial charge in [0.15, 0.2) is 10.9 Å². The first-order chi connectivity index (χ1) is 13.2. The van der Waals surface area contributed by atoms with Crippen molar-refractivity contribution in [1.82, 2.24) is 14.5 Å². The number of halogens is 1. The second-order valence-electron chi connectivity index (χ2n) is 5.92. The van der Waals surface area contributed by atoms with E-state index < -0.39 is 0 Å². The Kier molecular flexibility index (Phi) is 6.33. The van der Waals surface area contributed by atoms with Crippen LogP contribution in [0.2, 0.25) is 0 Å². The lowest BCUT2D eigenvalue weighted by Crippen LogP contribution is -2.32. The molecule has 0 N–H and O–H groups in total. The van der Waals surface area contributed by atoms with Gasteiger partial charge in [0, 0.05) is 25.5 Å². The number of aryl methyl sites for hydroxylation is 1. The molecule has 0 unspecified atom stereocenters. The Bertz CT molecular complexity index is 1030. The van der Waals surface area contributed by atoms with Crippen molar-refractivity contribution < 1.29 is 13.9 Å². The second-order valence-corrected chi connectivity index (χ2v) is 6.93. The van der Waals surface area contributed by atoms with Crippen molar-refractivity contribution >= 4 is 45.0 Å². The number of rotatable bonds is 7. The average molecular weight is 419 g/mol. The number of hydrogen-bond acceptors (Lipinski definition) is 6. The van der Waals surface area contributed by atoms with Gasteiger partial charge in [0.25, 0.3) is 5.91 Å². The Morgan fingerprint density at radius 1 is 1.36 bits per heavy atom. The van der Waals surface area contributed by atoms with Crippen molar-refractivity contribution in [3.63, 3.8) is 0 Å². The van der Waals surface area contributed by atoms with Crippen LogP contribution in [0, 0.1) is 0 Å². The first-order valence-corrected chi connectivity index (χ1v) is 9.32. The third-order valence-corrected chi connectivity index (χ3v) is 5.19. The van der Waals surface area contributed by atoms with E-state index in [1.54, 1.807) is 36.7 Å². The zero-order valence-corrected chi connectivity index (χ0v) is 16.8. The van der Waals surface area contributed by atoms with Crippen LogP contribution in [0.15, 0.2) is 59.7 Å². The number of amides is 1. The predicted octanol–water partition coefficient (Wildman–Crippen LogP) is 4.25. The minimum Gasteiger partial charge on any atom is -0.497 e. The van der Waals surface area contributed by atoms with Crippen LogP contribution >= 0.6 is 23.7 Å². The molecule has 7 nitrogen and oxygen atoms in total. The average Bonchev–Trinajstić information content (AvgIpc) is 3.45. The maximum atomic E-state index is 13.0. The van der Waals surface area contributed by atoms with Crippen LogP contribution < -0.4 is 9.64 Å². The van der Waals surface area contributed by atoms with Gasteiger partial charge in [-0.1, -0.05) is 11.3 Å². The van der Waals surface area contributed by atoms with Crippen LogP contribution in [0.25, 0.3) is 10.2 Å². The summed E-state index contributed by atoms with van der Waals surface area (Å²) in [6, 6.07) is 9.07.